The van der Waals surface area contributed by atoms with Crippen molar-refractivity contribution in [1.82, 2.24) is 0 Å². The number of ether oxygens (including phenoxy) is 1. The van der Waals surface area contributed by atoms with Gasteiger partial charge in [-0.25, -0.2) is 0 Å². The third-order valence-electron chi connectivity index (χ3n) is 3.73. The van der Waals surface area contributed by atoms with Crippen molar-refractivity contribution in [2.24, 2.45) is 5.73 Å². The van der Waals surface area contributed by atoms with Gasteiger partial charge in [-0.1, -0.05) is 12.1 Å². The van der Waals surface area contributed by atoms with Crippen LogP contribution in [0.4, 0.5) is 5.69 Å². The molecule has 0 saturated carbocycles. The van der Waals surface area contributed by atoms with Crippen LogP contribution < -0.4 is 15.8 Å². The molecule has 5 heteroatoms. The Bertz CT molecular complexity index is 764. The molecule has 0 aliphatic heterocycles. The number of rotatable bonds is 5. The van der Waals surface area contributed by atoms with Gasteiger partial charge in [-0.2, -0.15) is 0 Å². The molecule has 0 spiro atoms. The van der Waals surface area contributed by atoms with E-state index < -0.39 is 12.0 Å². The van der Waals surface area contributed by atoms with Crippen LogP contribution in [0.2, 0.25) is 0 Å². The lowest BCUT2D eigenvalue weighted by atomic mass is 10.1. The van der Waals surface area contributed by atoms with E-state index in [-0.39, 0.29) is 5.91 Å². The molecule has 0 aliphatic carbocycles. The maximum absolute atomic E-state index is 12.4. The molecule has 126 valence electrons. The number of nitrogens with two attached hydrogens (primary N) is 1. The molecule has 2 aromatic carbocycles. The molecule has 0 unspecified atom stereocenters. The lowest BCUT2D eigenvalue weighted by Gasteiger charge is -2.17. The van der Waals surface area contributed by atoms with Crippen LogP contribution in [-0.2, 0) is 4.79 Å². The van der Waals surface area contributed by atoms with Crippen LogP contribution in [-0.4, -0.2) is 17.9 Å². The van der Waals surface area contributed by atoms with Crippen molar-refractivity contribution in [2.45, 2.75) is 33.8 Å². The summed E-state index contributed by atoms with van der Waals surface area (Å²) in [6.45, 7) is 7.37. The van der Waals surface area contributed by atoms with Gasteiger partial charge in [0.15, 0.2) is 6.10 Å². The molecule has 5 nitrogen and oxygen atoms in total. The Morgan fingerprint density at radius 1 is 1.08 bits per heavy atom. The molecule has 0 saturated heterocycles. The summed E-state index contributed by atoms with van der Waals surface area (Å²) in [5.74, 6) is -0.167. The van der Waals surface area contributed by atoms with E-state index in [1.807, 2.05) is 32.0 Å². The van der Waals surface area contributed by atoms with Gasteiger partial charge >= 0.3 is 0 Å². The summed E-state index contributed by atoms with van der Waals surface area (Å²) < 4.78 is 5.72. The van der Waals surface area contributed by atoms with Gasteiger partial charge in [0.1, 0.15) is 5.75 Å². The molecule has 0 bridgehead atoms. The maximum Gasteiger partial charge on any atom is 0.265 e. The lowest BCUT2D eigenvalue weighted by molar-refractivity contribution is -0.122. The number of hydrogen-bond donors (Lipinski definition) is 2. The monoisotopic (exact) mass is 326 g/mol. The van der Waals surface area contributed by atoms with E-state index in [9.17, 15) is 9.59 Å². The Hall–Kier alpha value is -2.82. The third-order valence-corrected chi connectivity index (χ3v) is 3.73. The van der Waals surface area contributed by atoms with Gasteiger partial charge in [-0.05, 0) is 68.7 Å². The number of carbonyl (C=O) groups excluding carboxylic acids is 2. The zero-order valence-electron chi connectivity index (χ0n) is 14.3. The first-order valence-electron chi connectivity index (χ1n) is 7.73. The number of hydrogen-bond acceptors (Lipinski definition) is 3. The highest BCUT2D eigenvalue weighted by molar-refractivity contribution is 5.99. The van der Waals surface area contributed by atoms with Gasteiger partial charge in [-0.3, -0.25) is 9.59 Å². The summed E-state index contributed by atoms with van der Waals surface area (Å²) in [6, 6.07) is 10.8. The van der Waals surface area contributed by atoms with Crippen LogP contribution in [0.1, 0.15) is 34.0 Å². The normalized spacial score (nSPS) is 11.7. The number of amides is 2. The Kier molecular flexibility index (Phi) is 5.24. The minimum atomic E-state index is -0.678. The van der Waals surface area contributed by atoms with Crippen LogP contribution in [0.25, 0.3) is 0 Å². The number of aryl methyl sites for hydroxylation is 2. The highest BCUT2D eigenvalue weighted by Gasteiger charge is 2.17. The number of benzene rings is 2. The molecule has 0 heterocycles. The SMILES string of the molecule is Cc1cc(C)cc(O[C@H](C)C(=O)Nc2cccc(C(N)=O)c2C)c1. The van der Waals surface area contributed by atoms with Crippen LogP contribution in [0, 0.1) is 20.8 Å². The Morgan fingerprint density at radius 2 is 1.71 bits per heavy atom. The number of nitrogens with one attached hydrogen (secondary N) is 1. The Morgan fingerprint density at radius 3 is 2.29 bits per heavy atom. The van der Waals surface area contributed by atoms with Crippen molar-refractivity contribution in [3.8, 4) is 5.75 Å². The second kappa shape index (κ2) is 7.17. The first-order chi connectivity index (χ1) is 11.3. The molecule has 2 aromatic rings. The first-order valence-corrected chi connectivity index (χ1v) is 7.73. The number of primary amides is 1. The maximum atomic E-state index is 12.4. The number of carbonyl (C=O) groups is 2. The van der Waals surface area contributed by atoms with E-state index in [0.717, 1.165) is 11.1 Å². The molecule has 24 heavy (non-hydrogen) atoms. The van der Waals surface area contributed by atoms with E-state index in [2.05, 4.69) is 5.32 Å². The summed E-state index contributed by atoms with van der Waals surface area (Å²) >= 11 is 0. The van der Waals surface area contributed by atoms with Gasteiger partial charge in [-0.15, -0.1) is 0 Å². The van der Waals surface area contributed by atoms with Crippen LogP contribution in [0.3, 0.4) is 0 Å². The number of anilines is 1. The van der Waals surface area contributed by atoms with Crippen molar-refractivity contribution in [1.29, 1.82) is 0 Å². The van der Waals surface area contributed by atoms with Crippen molar-refractivity contribution in [3.05, 3.63) is 58.7 Å². The minimum Gasteiger partial charge on any atom is -0.481 e. The lowest BCUT2D eigenvalue weighted by Crippen LogP contribution is -2.30. The highest BCUT2D eigenvalue weighted by atomic mass is 16.5. The first kappa shape index (κ1) is 17.5. The average molecular weight is 326 g/mol. The average Bonchev–Trinajstić information content (AvgIpc) is 2.47. The zero-order valence-corrected chi connectivity index (χ0v) is 14.3. The Labute approximate surface area is 141 Å². The van der Waals surface area contributed by atoms with Gasteiger partial charge in [0.25, 0.3) is 5.91 Å². The van der Waals surface area contributed by atoms with E-state index in [1.165, 1.54) is 0 Å². The summed E-state index contributed by atoms with van der Waals surface area (Å²) in [4.78, 5) is 23.8. The van der Waals surface area contributed by atoms with Crippen LogP contribution in [0.15, 0.2) is 36.4 Å². The minimum absolute atomic E-state index is 0.293. The van der Waals surface area contributed by atoms with Crippen molar-refractivity contribution in [3.63, 3.8) is 0 Å². The smallest absolute Gasteiger partial charge is 0.265 e. The molecule has 2 rings (SSSR count). The summed E-state index contributed by atoms with van der Waals surface area (Å²) in [5, 5.41) is 2.78. The van der Waals surface area contributed by atoms with Crippen molar-refractivity contribution in [2.75, 3.05) is 5.32 Å². The fourth-order valence-electron chi connectivity index (χ4n) is 2.53. The molecule has 0 aromatic heterocycles. The molecule has 0 radical (unpaired) electrons. The van der Waals surface area contributed by atoms with E-state index in [1.54, 1.807) is 32.0 Å². The topological polar surface area (TPSA) is 81.4 Å². The largest absolute Gasteiger partial charge is 0.481 e. The second-order valence-electron chi connectivity index (χ2n) is 5.92. The van der Waals surface area contributed by atoms with E-state index in [4.69, 9.17) is 10.5 Å². The quantitative estimate of drug-likeness (QED) is 0.886. The highest BCUT2D eigenvalue weighted by Crippen LogP contribution is 2.21. The predicted octanol–water partition coefficient (Wildman–Crippen LogP) is 3.12. The third kappa shape index (κ3) is 4.13. The molecule has 0 aliphatic rings. The van der Waals surface area contributed by atoms with Gasteiger partial charge in [0.2, 0.25) is 5.91 Å². The summed E-state index contributed by atoms with van der Waals surface area (Å²) in [6.07, 6.45) is -0.678. The van der Waals surface area contributed by atoms with Crippen LogP contribution >= 0.6 is 0 Å². The summed E-state index contributed by atoms with van der Waals surface area (Å²) in [7, 11) is 0. The standard InChI is InChI=1S/C19H22N2O3/c1-11-8-12(2)10-15(9-11)24-14(4)19(23)21-17-7-5-6-16(13(17)3)18(20)22/h5-10,14H,1-4H3,(H2,20,22)(H,21,23)/t14-/m1/s1. The molecule has 1 atom stereocenters. The van der Waals surface area contributed by atoms with Gasteiger partial charge < -0.3 is 15.8 Å². The molecular weight excluding hydrogens is 304 g/mol. The second-order valence-corrected chi connectivity index (χ2v) is 5.92. The summed E-state index contributed by atoms with van der Waals surface area (Å²) in [5.41, 5.74) is 9.04. The fourth-order valence-corrected chi connectivity index (χ4v) is 2.53. The van der Waals surface area contributed by atoms with Crippen molar-refractivity contribution < 1.29 is 14.3 Å². The van der Waals surface area contributed by atoms with Crippen molar-refractivity contribution >= 4 is 17.5 Å². The molecule has 0 fully saturated rings. The molecule has 2 amide bonds. The van der Waals surface area contributed by atoms with Gasteiger partial charge in [0, 0.05) is 11.3 Å². The van der Waals surface area contributed by atoms with E-state index in [0.29, 0.717) is 22.6 Å². The Balaban J connectivity index is 2.12. The van der Waals surface area contributed by atoms with Crippen LogP contribution in [0.5, 0.6) is 5.75 Å². The van der Waals surface area contributed by atoms with E-state index >= 15 is 0 Å². The molecule has 3 N–H and O–H groups in total. The fraction of sp³-hybridized carbons (Fsp3) is 0.263. The molecular formula is C19H22N2O3. The predicted molar refractivity (Wildman–Crippen MR) is 94.3 cm³/mol. The zero-order chi connectivity index (χ0) is 17.9. The van der Waals surface area contributed by atoms with Gasteiger partial charge in [0.05, 0.1) is 0 Å².